The van der Waals surface area contributed by atoms with E-state index >= 15 is 0 Å². The van der Waals surface area contributed by atoms with Gasteiger partial charge in [-0.2, -0.15) is 0 Å². The van der Waals surface area contributed by atoms with Crippen molar-refractivity contribution in [1.29, 1.82) is 0 Å². The fourth-order valence-corrected chi connectivity index (χ4v) is 3.29. The van der Waals surface area contributed by atoms with Crippen LogP contribution in [0.25, 0.3) is 0 Å². The molecule has 1 saturated carbocycles. The van der Waals surface area contributed by atoms with Gasteiger partial charge in [0.1, 0.15) is 5.75 Å². The van der Waals surface area contributed by atoms with E-state index in [0.29, 0.717) is 28.0 Å². The Bertz CT molecular complexity index is 744. The molecule has 26 heavy (non-hydrogen) atoms. The van der Waals surface area contributed by atoms with Gasteiger partial charge in [-0.1, -0.05) is 37.3 Å². The second-order valence-corrected chi connectivity index (χ2v) is 6.87. The molecule has 1 aliphatic rings. The van der Waals surface area contributed by atoms with Crippen molar-refractivity contribution in [2.45, 2.75) is 44.6 Å². The van der Waals surface area contributed by atoms with Crippen LogP contribution in [0.5, 0.6) is 5.75 Å². The number of nitrogens with zero attached hydrogens (tertiary/aromatic N) is 2. The van der Waals surface area contributed by atoms with Crippen LogP contribution in [0.3, 0.4) is 0 Å². The third kappa shape index (κ3) is 4.85. The molecule has 1 fully saturated rings. The van der Waals surface area contributed by atoms with Crippen LogP contribution < -0.4 is 15.4 Å². The highest BCUT2D eigenvalue weighted by molar-refractivity contribution is 6.31. The third-order valence-electron chi connectivity index (χ3n) is 4.51. The molecule has 1 aliphatic carbocycles. The zero-order valence-electron chi connectivity index (χ0n) is 14.8. The number of amides is 1. The van der Waals surface area contributed by atoms with Crippen LogP contribution in [0.2, 0.25) is 5.02 Å². The summed E-state index contributed by atoms with van der Waals surface area (Å²) in [5, 5.41) is 14.9. The first-order valence-electron chi connectivity index (χ1n) is 8.91. The maximum atomic E-state index is 12.4. The van der Waals surface area contributed by atoms with E-state index in [1.807, 2.05) is 0 Å². The molecule has 0 spiro atoms. The Morgan fingerprint density at radius 2 is 1.88 bits per heavy atom. The summed E-state index contributed by atoms with van der Waals surface area (Å²) in [7, 11) is 1.58. The average Bonchev–Trinajstić information content (AvgIpc) is 2.91. The molecular weight excluding hydrogens is 352 g/mol. The minimum absolute atomic E-state index is 0.170. The van der Waals surface area contributed by atoms with Gasteiger partial charge in [-0.25, -0.2) is 0 Å². The van der Waals surface area contributed by atoms with Crippen molar-refractivity contribution in [3.63, 3.8) is 0 Å². The van der Waals surface area contributed by atoms with Crippen molar-refractivity contribution < 1.29 is 9.53 Å². The van der Waals surface area contributed by atoms with E-state index in [1.54, 1.807) is 37.4 Å². The number of anilines is 2. The molecule has 0 bridgehead atoms. The Morgan fingerprint density at radius 3 is 2.54 bits per heavy atom. The standard InChI is InChI=1S/C19H23ClN4O2/c1-26-17-10-8-13(20)12-16(17)22-18-11-9-15(23-24-18)19(25)21-14-6-4-2-3-5-7-14/h8-12,14H,2-7H2,1H3,(H,21,25)(H,22,24). The molecule has 0 saturated heterocycles. The number of carbonyl (C=O) groups is 1. The zero-order valence-corrected chi connectivity index (χ0v) is 15.6. The third-order valence-corrected chi connectivity index (χ3v) is 4.75. The lowest BCUT2D eigenvalue weighted by molar-refractivity contribution is 0.0927. The Kier molecular flexibility index (Phi) is 6.28. The van der Waals surface area contributed by atoms with E-state index in [0.717, 1.165) is 12.8 Å². The largest absolute Gasteiger partial charge is 0.495 e. The van der Waals surface area contributed by atoms with E-state index in [2.05, 4.69) is 20.8 Å². The van der Waals surface area contributed by atoms with Gasteiger partial charge in [-0.05, 0) is 43.2 Å². The first kappa shape index (κ1) is 18.5. The lowest BCUT2D eigenvalue weighted by Crippen LogP contribution is -2.35. The van der Waals surface area contributed by atoms with Gasteiger partial charge >= 0.3 is 0 Å². The normalized spacial score (nSPS) is 15.2. The number of ether oxygens (including phenoxy) is 1. The highest BCUT2D eigenvalue weighted by Gasteiger charge is 2.17. The summed E-state index contributed by atoms with van der Waals surface area (Å²) in [4.78, 5) is 12.4. The van der Waals surface area contributed by atoms with Crippen molar-refractivity contribution in [2.24, 2.45) is 0 Å². The van der Waals surface area contributed by atoms with E-state index in [4.69, 9.17) is 16.3 Å². The molecule has 0 aliphatic heterocycles. The average molecular weight is 375 g/mol. The lowest BCUT2D eigenvalue weighted by atomic mass is 10.1. The summed E-state index contributed by atoms with van der Waals surface area (Å²) >= 11 is 6.03. The minimum Gasteiger partial charge on any atom is -0.495 e. The Morgan fingerprint density at radius 1 is 1.12 bits per heavy atom. The SMILES string of the molecule is COc1ccc(Cl)cc1Nc1ccc(C(=O)NC2CCCCCC2)nn1. The molecule has 2 N–H and O–H groups in total. The molecular formula is C19H23ClN4O2. The van der Waals surface area contributed by atoms with E-state index < -0.39 is 0 Å². The fourth-order valence-electron chi connectivity index (χ4n) is 3.12. The second kappa shape index (κ2) is 8.85. The van der Waals surface area contributed by atoms with Gasteiger partial charge in [0.15, 0.2) is 11.5 Å². The first-order chi connectivity index (χ1) is 12.7. The quantitative estimate of drug-likeness (QED) is 0.761. The Hall–Kier alpha value is -2.34. The monoisotopic (exact) mass is 374 g/mol. The highest BCUT2D eigenvalue weighted by atomic mass is 35.5. The number of rotatable bonds is 5. The molecule has 138 valence electrons. The van der Waals surface area contributed by atoms with Crippen LogP contribution in [-0.4, -0.2) is 29.3 Å². The van der Waals surface area contributed by atoms with Gasteiger partial charge in [0.05, 0.1) is 12.8 Å². The van der Waals surface area contributed by atoms with Gasteiger partial charge in [0, 0.05) is 11.1 Å². The molecule has 0 radical (unpaired) electrons. The topological polar surface area (TPSA) is 76.1 Å². The number of hydrogen-bond acceptors (Lipinski definition) is 5. The number of benzene rings is 1. The summed E-state index contributed by atoms with van der Waals surface area (Å²) in [6, 6.07) is 8.88. The van der Waals surface area contributed by atoms with Gasteiger partial charge in [0.2, 0.25) is 0 Å². The maximum absolute atomic E-state index is 12.4. The molecule has 7 heteroatoms. The van der Waals surface area contributed by atoms with Crippen LogP contribution in [0.15, 0.2) is 30.3 Å². The summed E-state index contributed by atoms with van der Waals surface area (Å²) in [5.41, 5.74) is 1.00. The minimum atomic E-state index is -0.170. The predicted molar refractivity (Wildman–Crippen MR) is 102 cm³/mol. The van der Waals surface area contributed by atoms with Crippen LogP contribution in [0, 0.1) is 0 Å². The van der Waals surface area contributed by atoms with Crippen molar-refractivity contribution >= 4 is 29.0 Å². The van der Waals surface area contributed by atoms with Crippen molar-refractivity contribution in [1.82, 2.24) is 15.5 Å². The van der Waals surface area contributed by atoms with Gasteiger partial charge in [-0.15, -0.1) is 10.2 Å². The van der Waals surface area contributed by atoms with E-state index in [1.165, 1.54) is 25.7 Å². The summed E-state index contributed by atoms with van der Waals surface area (Å²) in [6.45, 7) is 0. The molecule has 1 heterocycles. The zero-order chi connectivity index (χ0) is 18.4. The maximum Gasteiger partial charge on any atom is 0.272 e. The molecule has 1 aromatic heterocycles. The number of carbonyl (C=O) groups excluding carboxylic acids is 1. The lowest BCUT2D eigenvalue weighted by Gasteiger charge is -2.15. The molecule has 6 nitrogen and oxygen atoms in total. The fraction of sp³-hybridized carbons (Fsp3) is 0.421. The van der Waals surface area contributed by atoms with Crippen LogP contribution in [-0.2, 0) is 0 Å². The highest BCUT2D eigenvalue weighted by Crippen LogP contribution is 2.29. The second-order valence-electron chi connectivity index (χ2n) is 6.44. The van der Waals surface area contributed by atoms with Gasteiger partial charge < -0.3 is 15.4 Å². The van der Waals surface area contributed by atoms with E-state index in [9.17, 15) is 4.79 Å². The number of nitrogens with one attached hydrogen (secondary N) is 2. The van der Waals surface area contributed by atoms with E-state index in [-0.39, 0.29) is 11.9 Å². The Labute approximate surface area is 158 Å². The number of hydrogen-bond donors (Lipinski definition) is 2. The van der Waals surface area contributed by atoms with Crippen molar-refractivity contribution in [3.05, 3.63) is 41.0 Å². The molecule has 0 unspecified atom stereocenters. The first-order valence-corrected chi connectivity index (χ1v) is 9.28. The summed E-state index contributed by atoms with van der Waals surface area (Å²) in [5.74, 6) is 0.985. The van der Waals surface area contributed by atoms with Crippen molar-refractivity contribution in [3.8, 4) is 5.75 Å². The number of halogens is 1. The Balaban J connectivity index is 1.64. The van der Waals surface area contributed by atoms with Crippen molar-refractivity contribution in [2.75, 3.05) is 12.4 Å². The summed E-state index contributed by atoms with van der Waals surface area (Å²) < 4.78 is 5.30. The number of methoxy groups -OCH3 is 1. The smallest absolute Gasteiger partial charge is 0.272 e. The molecule has 3 rings (SSSR count). The van der Waals surface area contributed by atoms with Gasteiger partial charge in [-0.3, -0.25) is 4.79 Å². The molecule has 2 aromatic rings. The predicted octanol–water partition coefficient (Wildman–Crippen LogP) is 4.33. The summed E-state index contributed by atoms with van der Waals surface area (Å²) in [6.07, 6.45) is 6.90. The van der Waals surface area contributed by atoms with Crippen LogP contribution in [0.1, 0.15) is 49.0 Å². The van der Waals surface area contributed by atoms with Crippen LogP contribution >= 0.6 is 11.6 Å². The molecule has 1 amide bonds. The molecule has 1 aromatic carbocycles. The van der Waals surface area contributed by atoms with Gasteiger partial charge in [0.25, 0.3) is 5.91 Å². The number of aromatic nitrogens is 2. The van der Waals surface area contributed by atoms with Crippen LogP contribution in [0.4, 0.5) is 11.5 Å². The molecule has 0 atom stereocenters.